The van der Waals surface area contributed by atoms with E-state index in [1.165, 1.54) is 0 Å². The lowest BCUT2D eigenvalue weighted by atomic mass is 9.83. The molecule has 39 heavy (non-hydrogen) atoms. The highest BCUT2D eigenvalue weighted by Gasteiger charge is 2.55. The SMILES string of the molecule is COc1ccc(N(C2CCCCC2)S(=O)(=O)C2CC3OC2C(c2ccc(O)cc2)=C3c2ccc(O)cc2)cc1. The van der Waals surface area contributed by atoms with Gasteiger partial charge >= 0.3 is 0 Å². The Morgan fingerprint density at radius 3 is 1.92 bits per heavy atom. The molecule has 0 radical (unpaired) electrons. The molecule has 3 aromatic carbocycles. The number of anilines is 1. The summed E-state index contributed by atoms with van der Waals surface area (Å²) in [5.74, 6) is 0.985. The summed E-state index contributed by atoms with van der Waals surface area (Å²) < 4.78 is 42.7. The minimum atomic E-state index is -3.82. The van der Waals surface area contributed by atoms with Crippen molar-refractivity contribution in [3.63, 3.8) is 0 Å². The average Bonchev–Trinajstić information content (AvgIpc) is 3.55. The van der Waals surface area contributed by atoms with Crippen LogP contribution in [-0.4, -0.2) is 49.2 Å². The quantitative estimate of drug-likeness (QED) is 0.393. The Hall–Kier alpha value is -3.49. The summed E-state index contributed by atoms with van der Waals surface area (Å²) >= 11 is 0. The summed E-state index contributed by atoms with van der Waals surface area (Å²) in [5.41, 5.74) is 4.12. The molecule has 0 aromatic heterocycles. The molecule has 1 saturated heterocycles. The third-order valence-electron chi connectivity index (χ3n) is 8.24. The highest BCUT2D eigenvalue weighted by molar-refractivity contribution is 7.93. The maximum atomic E-state index is 14.6. The zero-order valence-corrected chi connectivity index (χ0v) is 22.7. The van der Waals surface area contributed by atoms with E-state index in [2.05, 4.69) is 0 Å². The van der Waals surface area contributed by atoms with E-state index in [-0.39, 0.29) is 17.5 Å². The summed E-state index contributed by atoms with van der Waals surface area (Å²) in [4.78, 5) is 0. The fraction of sp³-hybridized carbons (Fsp3) is 0.355. The van der Waals surface area contributed by atoms with Crippen LogP contribution in [0.25, 0.3) is 11.1 Å². The Labute approximate surface area is 229 Å². The van der Waals surface area contributed by atoms with Gasteiger partial charge in [0.05, 0.1) is 18.9 Å². The van der Waals surface area contributed by atoms with Crippen LogP contribution in [0.2, 0.25) is 0 Å². The van der Waals surface area contributed by atoms with Gasteiger partial charge in [0.2, 0.25) is 10.0 Å². The molecule has 3 unspecified atom stereocenters. The molecule has 1 saturated carbocycles. The number of aromatic hydroxyl groups is 2. The van der Waals surface area contributed by atoms with Crippen molar-refractivity contribution in [3.8, 4) is 17.2 Å². The third kappa shape index (κ3) is 4.66. The van der Waals surface area contributed by atoms with Crippen LogP contribution in [0.5, 0.6) is 17.2 Å². The Kier molecular flexibility index (Phi) is 6.77. The molecule has 3 aliphatic rings. The Morgan fingerprint density at radius 2 is 1.36 bits per heavy atom. The molecule has 6 rings (SSSR count). The first-order valence-corrected chi connectivity index (χ1v) is 15.0. The van der Waals surface area contributed by atoms with E-state index in [0.29, 0.717) is 17.9 Å². The molecule has 0 spiro atoms. The molecule has 3 atom stereocenters. The number of hydrogen-bond donors (Lipinski definition) is 2. The van der Waals surface area contributed by atoms with E-state index in [9.17, 15) is 18.6 Å². The summed E-state index contributed by atoms with van der Waals surface area (Å²) in [6, 6.07) is 20.9. The van der Waals surface area contributed by atoms with Gasteiger partial charge in [0.15, 0.2) is 0 Å². The summed E-state index contributed by atoms with van der Waals surface area (Å²) in [6.07, 6.45) is 4.08. The smallest absolute Gasteiger partial charge is 0.241 e. The van der Waals surface area contributed by atoms with Crippen molar-refractivity contribution in [1.82, 2.24) is 0 Å². The normalized spacial score (nSPS) is 23.3. The molecule has 2 N–H and O–H groups in total. The Bertz CT molecular complexity index is 1460. The number of phenols is 2. The second-order valence-electron chi connectivity index (χ2n) is 10.6. The van der Waals surface area contributed by atoms with Crippen LogP contribution in [0, 0.1) is 0 Å². The molecule has 2 heterocycles. The Morgan fingerprint density at radius 1 is 0.795 bits per heavy atom. The van der Waals surface area contributed by atoms with E-state index < -0.39 is 27.5 Å². The predicted molar refractivity (Wildman–Crippen MR) is 151 cm³/mol. The first-order valence-electron chi connectivity index (χ1n) is 13.5. The van der Waals surface area contributed by atoms with Crippen molar-refractivity contribution in [2.24, 2.45) is 0 Å². The van der Waals surface area contributed by atoms with Gasteiger partial charge in [-0.25, -0.2) is 8.42 Å². The maximum absolute atomic E-state index is 14.6. The van der Waals surface area contributed by atoms with Crippen LogP contribution < -0.4 is 9.04 Å². The number of methoxy groups -OCH3 is 1. The summed E-state index contributed by atoms with van der Waals surface area (Å²) in [6.45, 7) is 0. The fourth-order valence-corrected chi connectivity index (χ4v) is 8.66. The number of phenolic OH excluding ortho intramolecular Hbond substituents is 2. The van der Waals surface area contributed by atoms with Crippen molar-refractivity contribution in [2.45, 2.75) is 62.0 Å². The van der Waals surface area contributed by atoms with E-state index in [1.54, 1.807) is 47.8 Å². The summed E-state index contributed by atoms with van der Waals surface area (Å²) in [5, 5.41) is 19.0. The van der Waals surface area contributed by atoms with Gasteiger partial charge in [0, 0.05) is 6.04 Å². The summed E-state index contributed by atoms with van der Waals surface area (Å²) in [7, 11) is -2.22. The molecule has 3 aromatic rings. The molecule has 204 valence electrons. The average molecular weight is 548 g/mol. The molecule has 1 aliphatic carbocycles. The second-order valence-corrected chi connectivity index (χ2v) is 12.6. The van der Waals surface area contributed by atoms with E-state index >= 15 is 0 Å². The van der Waals surface area contributed by atoms with Crippen molar-refractivity contribution in [3.05, 3.63) is 83.9 Å². The minimum absolute atomic E-state index is 0.103. The topological polar surface area (TPSA) is 96.3 Å². The molecule has 7 nitrogen and oxygen atoms in total. The number of nitrogens with zero attached hydrogens (tertiary/aromatic N) is 1. The number of benzene rings is 3. The fourth-order valence-electron chi connectivity index (χ4n) is 6.40. The van der Waals surface area contributed by atoms with Crippen LogP contribution in [0.3, 0.4) is 0 Å². The predicted octanol–water partition coefficient (Wildman–Crippen LogP) is 5.73. The molecular formula is C31H33NO6S. The number of sulfonamides is 1. The standard InChI is InChI=1S/C31H33NO6S/c1-37-26-17-11-23(12-18-26)32(22-5-3-2-4-6-22)39(35,36)28-19-27-29(20-7-13-24(33)14-8-20)30(31(28)38-27)21-9-15-25(34)16-10-21/h7-18,22,27-28,31,33-34H,2-6,19H2,1H3. The number of rotatable bonds is 7. The largest absolute Gasteiger partial charge is 0.508 e. The zero-order chi connectivity index (χ0) is 27.1. The first kappa shape index (κ1) is 25.8. The molecule has 0 amide bonds. The highest BCUT2D eigenvalue weighted by Crippen LogP contribution is 2.52. The molecular weight excluding hydrogens is 514 g/mol. The lowest BCUT2D eigenvalue weighted by Crippen LogP contribution is -2.49. The first-order chi connectivity index (χ1) is 18.9. The number of ether oxygens (including phenoxy) is 2. The van der Waals surface area contributed by atoms with Crippen LogP contribution in [0.4, 0.5) is 5.69 Å². The third-order valence-corrected chi connectivity index (χ3v) is 10.5. The van der Waals surface area contributed by atoms with Crippen molar-refractivity contribution >= 4 is 26.9 Å². The van der Waals surface area contributed by atoms with Crippen molar-refractivity contribution in [1.29, 1.82) is 0 Å². The van der Waals surface area contributed by atoms with E-state index in [1.807, 2.05) is 36.4 Å². The number of fused-ring (bicyclic) bond motifs is 2. The monoisotopic (exact) mass is 547 g/mol. The molecule has 2 aliphatic heterocycles. The van der Waals surface area contributed by atoms with Crippen LogP contribution >= 0.6 is 0 Å². The van der Waals surface area contributed by atoms with Crippen LogP contribution in [0.1, 0.15) is 49.7 Å². The van der Waals surface area contributed by atoms with Gasteiger partial charge in [0.1, 0.15) is 28.6 Å². The van der Waals surface area contributed by atoms with Crippen molar-refractivity contribution < 1.29 is 28.1 Å². The van der Waals surface area contributed by atoms with Crippen molar-refractivity contribution in [2.75, 3.05) is 11.4 Å². The minimum Gasteiger partial charge on any atom is -0.508 e. The van der Waals surface area contributed by atoms with E-state index in [4.69, 9.17) is 9.47 Å². The van der Waals surface area contributed by atoms with Gasteiger partial charge in [-0.2, -0.15) is 0 Å². The molecule has 8 heteroatoms. The van der Waals surface area contributed by atoms with Gasteiger partial charge < -0.3 is 19.7 Å². The number of hydrogen-bond acceptors (Lipinski definition) is 6. The second kappa shape index (κ2) is 10.2. The van der Waals surface area contributed by atoms with Crippen LogP contribution in [-0.2, 0) is 14.8 Å². The molecule has 2 bridgehead atoms. The Balaban J connectivity index is 1.44. The van der Waals surface area contributed by atoms with Crippen LogP contribution in [0.15, 0.2) is 72.8 Å². The van der Waals surface area contributed by atoms with Gasteiger partial charge in [-0.05, 0) is 90.1 Å². The highest BCUT2D eigenvalue weighted by atomic mass is 32.2. The van der Waals surface area contributed by atoms with Gasteiger partial charge in [-0.3, -0.25) is 4.31 Å². The van der Waals surface area contributed by atoms with Gasteiger partial charge in [-0.1, -0.05) is 43.5 Å². The zero-order valence-electron chi connectivity index (χ0n) is 21.9. The lowest BCUT2D eigenvalue weighted by molar-refractivity contribution is 0.128. The van der Waals surface area contributed by atoms with Gasteiger partial charge in [0.25, 0.3) is 0 Å². The maximum Gasteiger partial charge on any atom is 0.241 e. The molecule has 2 fully saturated rings. The van der Waals surface area contributed by atoms with E-state index in [0.717, 1.165) is 54.4 Å². The van der Waals surface area contributed by atoms with Gasteiger partial charge in [-0.15, -0.1) is 0 Å². The lowest BCUT2D eigenvalue weighted by Gasteiger charge is -2.38.